The summed E-state index contributed by atoms with van der Waals surface area (Å²) in [4.78, 5) is 26.5. The fraction of sp³-hybridized carbons (Fsp3) is 0.500. The Morgan fingerprint density at radius 2 is 2.35 bits per heavy atom. The van der Waals surface area contributed by atoms with Crippen molar-refractivity contribution in [2.45, 2.75) is 19.3 Å². The zero-order valence-corrected chi connectivity index (χ0v) is 10.4. The molecule has 0 saturated carbocycles. The first-order valence-electron chi connectivity index (χ1n) is 5.17. The topological polar surface area (TPSA) is 94.3 Å². The van der Waals surface area contributed by atoms with E-state index >= 15 is 0 Å². The minimum atomic E-state index is -0.351. The number of hydrogen-bond donors (Lipinski definition) is 2. The van der Waals surface area contributed by atoms with E-state index < -0.39 is 0 Å². The second-order valence-corrected chi connectivity index (χ2v) is 4.20. The Kier molecular flexibility index (Phi) is 5.58. The van der Waals surface area contributed by atoms with E-state index in [4.69, 9.17) is 5.73 Å². The molecule has 0 aromatic carbocycles. The number of nitrogens with zero attached hydrogens (tertiary/aromatic N) is 1. The Bertz CT molecular complexity index is 392. The summed E-state index contributed by atoms with van der Waals surface area (Å²) in [5.41, 5.74) is 5.89. The van der Waals surface area contributed by atoms with Crippen molar-refractivity contribution < 1.29 is 14.3 Å². The van der Waals surface area contributed by atoms with Crippen molar-refractivity contribution in [2.24, 2.45) is 5.73 Å². The number of esters is 1. The van der Waals surface area contributed by atoms with Gasteiger partial charge in [0.05, 0.1) is 19.2 Å². The van der Waals surface area contributed by atoms with E-state index in [0.29, 0.717) is 30.2 Å². The maximum Gasteiger partial charge on any atom is 0.311 e. The lowest BCUT2D eigenvalue weighted by atomic mass is 10.3. The maximum atomic E-state index is 11.4. The molecule has 0 unspecified atom stereocenters. The number of methoxy groups -OCH3 is 1. The number of thiazole rings is 1. The molecule has 0 saturated heterocycles. The van der Waals surface area contributed by atoms with Gasteiger partial charge in [0, 0.05) is 11.8 Å². The van der Waals surface area contributed by atoms with Crippen LogP contribution in [0.25, 0.3) is 0 Å². The van der Waals surface area contributed by atoms with Gasteiger partial charge in [0.25, 0.3) is 0 Å². The summed E-state index contributed by atoms with van der Waals surface area (Å²) in [5, 5.41) is 4.86. The van der Waals surface area contributed by atoms with Crippen LogP contribution in [-0.2, 0) is 20.7 Å². The maximum absolute atomic E-state index is 11.4. The van der Waals surface area contributed by atoms with Crippen LogP contribution in [0.4, 0.5) is 5.13 Å². The van der Waals surface area contributed by atoms with Gasteiger partial charge in [0.15, 0.2) is 5.13 Å². The number of carbonyl (C=O) groups is 2. The third-order valence-electron chi connectivity index (χ3n) is 1.96. The average molecular weight is 257 g/mol. The third kappa shape index (κ3) is 4.92. The van der Waals surface area contributed by atoms with Crippen molar-refractivity contribution in [3.05, 3.63) is 11.1 Å². The normalized spacial score (nSPS) is 10.0. The molecule has 1 aromatic heterocycles. The smallest absolute Gasteiger partial charge is 0.311 e. The van der Waals surface area contributed by atoms with Gasteiger partial charge in [-0.1, -0.05) is 0 Å². The van der Waals surface area contributed by atoms with Gasteiger partial charge >= 0.3 is 5.97 Å². The fourth-order valence-corrected chi connectivity index (χ4v) is 1.84. The van der Waals surface area contributed by atoms with E-state index in [-0.39, 0.29) is 18.3 Å². The molecule has 3 N–H and O–H groups in total. The molecule has 7 heteroatoms. The standard InChI is InChI=1S/C10H15N3O3S/c1-16-9(15)5-7-6-17-10(12-7)13-8(14)3-2-4-11/h6H,2-5,11H2,1H3,(H,12,13,14). The SMILES string of the molecule is COC(=O)Cc1csc(NC(=O)CCCN)n1. The first-order chi connectivity index (χ1) is 8.15. The van der Waals surface area contributed by atoms with E-state index in [1.165, 1.54) is 18.4 Å². The Balaban J connectivity index is 2.45. The highest BCUT2D eigenvalue weighted by Crippen LogP contribution is 2.16. The molecule has 0 bridgehead atoms. The predicted octanol–water partition coefficient (Wildman–Crippen LogP) is 0.536. The molecule has 1 amide bonds. The molecule has 0 fully saturated rings. The van der Waals surface area contributed by atoms with Crippen LogP contribution in [0.15, 0.2) is 5.38 Å². The highest BCUT2D eigenvalue weighted by atomic mass is 32.1. The molecule has 0 aliphatic heterocycles. The highest BCUT2D eigenvalue weighted by Gasteiger charge is 2.09. The number of nitrogens with one attached hydrogen (secondary N) is 1. The van der Waals surface area contributed by atoms with Crippen LogP contribution in [0.2, 0.25) is 0 Å². The van der Waals surface area contributed by atoms with Gasteiger partial charge in [-0.3, -0.25) is 9.59 Å². The summed E-state index contributed by atoms with van der Waals surface area (Å²) in [7, 11) is 1.32. The molecule has 0 spiro atoms. The van der Waals surface area contributed by atoms with Gasteiger partial charge in [0.1, 0.15) is 0 Å². The molecule has 0 aliphatic rings. The van der Waals surface area contributed by atoms with E-state index in [1.807, 2.05) is 0 Å². The summed E-state index contributed by atoms with van der Waals surface area (Å²) in [6.07, 6.45) is 1.14. The van der Waals surface area contributed by atoms with Crippen LogP contribution >= 0.6 is 11.3 Å². The number of rotatable bonds is 6. The highest BCUT2D eigenvalue weighted by molar-refractivity contribution is 7.13. The lowest BCUT2D eigenvalue weighted by Gasteiger charge is -1.99. The van der Waals surface area contributed by atoms with Crippen LogP contribution in [0.5, 0.6) is 0 Å². The Morgan fingerprint density at radius 3 is 3.00 bits per heavy atom. The minimum absolute atomic E-state index is 0.116. The molecule has 1 aromatic rings. The molecule has 0 aliphatic carbocycles. The van der Waals surface area contributed by atoms with E-state index in [0.717, 1.165) is 0 Å². The molecule has 1 rings (SSSR count). The number of anilines is 1. The number of hydrogen-bond acceptors (Lipinski definition) is 6. The van der Waals surface area contributed by atoms with Crippen molar-refractivity contribution >= 4 is 28.3 Å². The first-order valence-corrected chi connectivity index (χ1v) is 6.04. The number of ether oxygens (including phenoxy) is 1. The first kappa shape index (κ1) is 13.6. The van der Waals surface area contributed by atoms with Crippen LogP contribution < -0.4 is 11.1 Å². The van der Waals surface area contributed by atoms with E-state index in [9.17, 15) is 9.59 Å². The van der Waals surface area contributed by atoms with Gasteiger partial charge < -0.3 is 15.8 Å². The van der Waals surface area contributed by atoms with Crippen molar-refractivity contribution in [2.75, 3.05) is 19.0 Å². The number of amides is 1. The second kappa shape index (κ2) is 6.97. The molecule has 17 heavy (non-hydrogen) atoms. The van der Waals surface area contributed by atoms with Gasteiger partial charge in [-0.25, -0.2) is 4.98 Å². The number of aromatic nitrogens is 1. The summed E-state index contributed by atoms with van der Waals surface area (Å²) in [6.45, 7) is 0.485. The van der Waals surface area contributed by atoms with Crippen molar-refractivity contribution in [1.29, 1.82) is 0 Å². The van der Waals surface area contributed by atoms with Gasteiger partial charge in [0.2, 0.25) is 5.91 Å². The average Bonchev–Trinajstić information content (AvgIpc) is 2.73. The molecule has 1 heterocycles. The van der Waals surface area contributed by atoms with E-state index in [1.54, 1.807) is 5.38 Å². The monoisotopic (exact) mass is 257 g/mol. The zero-order valence-electron chi connectivity index (χ0n) is 9.56. The van der Waals surface area contributed by atoms with Gasteiger partial charge in [-0.2, -0.15) is 0 Å². The molecular formula is C10H15N3O3S. The molecule has 94 valence electrons. The van der Waals surface area contributed by atoms with Gasteiger partial charge in [-0.05, 0) is 13.0 Å². The summed E-state index contributed by atoms with van der Waals surface area (Å²) < 4.78 is 4.52. The van der Waals surface area contributed by atoms with Crippen LogP contribution in [0, 0.1) is 0 Å². The lowest BCUT2D eigenvalue weighted by Crippen LogP contribution is -2.13. The Morgan fingerprint density at radius 1 is 1.59 bits per heavy atom. The largest absolute Gasteiger partial charge is 0.469 e. The number of nitrogens with two attached hydrogens (primary N) is 1. The zero-order chi connectivity index (χ0) is 12.7. The Labute approximate surface area is 103 Å². The summed E-state index contributed by atoms with van der Waals surface area (Å²) in [5.74, 6) is -0.467. The van der Waals surface area contributed by atoms with Crippen LogP contribution in [-0.4, -0.2) is 30.5 Å². The summed E-state index contributed by atoms with van der Waals surface area (Å²) >= 11 is 1.28. The Hall–Kier alpha value is -1.47. The molecule has 6 nitrogen and oxygen atoms in total. The molecule has 0 atom stereocenters. The summed E-state index contributed by atoms with van der Waals surface area (Å²) in [6, 6.07) is 0. The third-order valence-corrected chi connectivity index (χ3v) is 2.77. The lowest BCUT2D eigenvalue weighted by molar-refractivity contribution is -0.139. The van der Waals surface area contributed by atoms with Crippen molar-refractivity contribution in [3.8, 4) is 0 Å². The minimum Gasteiger partial charge on any atom is -0.469 e. The fourth-order valence-electron chi connectivity index (χ4n) is 1.11. The number of carbonyl (C=O) groups excluding carboxylic acids is 2. The predicted molar refractivity (Wildman–Crippen MR) is 64.8 cm³/mol. The quantitative estimate of drug-likeness (QED) is 0.725. The van der Waals surface area contributed by atoms with Gasteiger partial charge in [-0.15, -0.1) is 11.3 Å². The van der Waals surface area contributed by atoms with Crippen LogP contribution in [0.3, 0.4) is 0 Å². The second-order valence-electron chi connectivity index (χ2n) is 3.34. The van der Waals surface area contributed by atoms with Crippen molar-refractivity contribution in [3.63, 3.8) is 0 Å². The molecular weight excluding hydrogens is 242 g/mol. The van der Waals surface area contributed by atoms with Crippen molar-refractivity contribution in [1.82, 2.24) is 4.98 Å². The van der Waals surface area contributed by atoms with E-state index in [2.05, 4.69) is 15.0 Å². The molecule has 0 radical (unpaired) electrons. The van der Waals surface area contributed by atoms with Crippen LogP contribution in [0.1, 0.15) is 18.5 Å².